The minimum Gasteiger partial charge on any atom is -0.497 e. The second-order valence-electron chi connectivity index (χ2n) is 8.33. The van der Waals surface area contributed by atoms with Crippen LogP contribution in [0.5, 0.6) is 5.75 Å². The van der Waals surface area contributed by atoms with E-state index in [1.54, 1.807) is 42.7 Å². The second-order valence-corrected chi connectivity index (χ2v) is 9.41. The molecule has 1 aliphatic carbocycles. The molecule has 2 aromatic heterocycles. The quantitative estimate of drug-likeness (QED) is 0.611. The van der Waals surface area contributed by atoms with Crippen LogP contribution < -0.4 is 20.9 Å². The van der Waals surface area contributed by atoms with Gasteiger partial charge in [-0.15, -0.1) is 11.3 Å². The van der Waals surface area contributed by atoms with E-state index in [0.29, 0.717) is 18.0 Å². The van der Waals surface area contributed by atoms with Crippen LogP contribution >= 0.6 is 11.3 Å². The summed E-state index contributed by atoms with van der Waals surface area (Å²) >= 11 is 1.66. The van der Waals surface area contributed by atoms with Crippen LogP contribution in [-0.2, 0) is 19.4 Å². The van der Waals surface area contributed by atoms with Gasteiger partial charge in [-0.1, -0.05) is 6.42 Å². The molecule has 2 heterocycles. The molecule has 30 heavy (non-hydrogen) atoms. The maximum Gasteiger partial charge on any atom is 0.336 e. The van der Waals surface area contributed by atoms with Gasteiger partial charge in [0.05, 0.1) is 38.8 Å². The lowest BCUT2D eigenvalue weighted by molar-refractivity contribution is -0.858. The summed E-state index contributed by atoms with van der Waals surface area (Å²) in [6.45, 7) is 1.59. The van der Waals surface area contributed by atoms with Gasteiger partial charge >= 0.3 is 5.69 Å². The number of nitrogens with one attached hydrogen (secondary N) is 1. The molecule has 0 radical (unpaired) electrons. The average Bonchev–Trinajstić information content (AvgIpc) is 2.93. The fourth-order valence-corrected chi connectivity index (χ4v) is 5.69. The summed E-state index contributed by atoms with van der Waals surface area (Å²) < 4.78 is 8.43. The predicted molar refractivity (Wildman–Crippen MR) is 122 cm³/mol. The number of nitrogens with zero attached hydrogens (tertiary/aromatic N) is 2. The Bertz CT molecular complexity index is 1160. The topological polar surface area (TPSA) is 57.7 Å². The number of methoxy groups -OCH3 is 1. The van der Waals surface area contributed by atoms with E-state index in [-0.39, 0.29) is 11.2 Å². The lowest BCUT2D eigenvalue weighted by Crippen LogP contribution is -3.05. The number of benzene rings is 1. The molecule has 0 unspecified atom stereocenters. The van der Waals surface area contributed by atoms with Gasteiger partial charge in [-0.05, 0) is 55.5 Å². The van der Waals surface area contributed by atoms with Crippen molar-refractivity contribution in [2.45, 2.75) is 45.1 Å². The van der Waals surface area contributed by atoms with Crippen LogP contribution in [0.2, 0.25) is 0 Å². The number of aromatic nitrogens is 2. The van der Waals surface area contributed by atoms with E-state index in [9.17, 15) is 9.59 Å². The molecule has 0 atom stereocenters. The molecule has 0 spiro atoms. The summed E-state index contributed by atoms with van der Waals surface area (Å²) in [7, 11) is 5.83. The third-order valence-electron chi connectivity index (χ3n) is 5.88. The Hall–Kier alpha value is -2.38. The van der Waals surface area contributed by atoms with Crippen LogP contribution in [0.1, 0.15) is 36.1 Å². The molecule has 0 amide bonds. The molecule has 1 N–H and O–H groups in total. The molecule has 1 aliphatic rings. The summed E-state index contributed by atoms with van der Waals surface area (Å²) in [5, 5.41) is 0.754. The SMILES string of the molecule is COc1ccc(-n2c(=O)c3c4c(sc3n(CCC[NH+](C)C)c2=O)CCCCC4)cc1. The van der Waals surface area contributed by atoms with Crippen molar-refractivity contribution in [3.8, 4) is 11.4 Å². The van der Waals surface area contributed by atoms with Crippen molar-refractivity contribution in [3.05, 3.63) is 55.5 Å². The number of hydrogen-bond acceptors (Lipinski definition) is 4. The third-order valence-corrected chi connectivity index (χ3v) is 7.19. The summed E-state index contributed by atoms with van der Waals surface area (Å²) in [4.78, 5) is 30.6. The van der Waals surface area contributed by atoms with Gasteiger partial charge in [0, 0.05) is 17.8 Å². The van der Waals surface area contributed by atoms with Crippen molar-refractivity contribution >= 4 is 21.6 Å². The Morgan fingerprint density at radius 2 is 1.80 bits per heavy atom. The Morgan fingerprint density at radius 3 is 2.50 bits per heavy atom. The van der Waals surface area contributed by atoms with Crippen LogP contribution in [0, 0.1) is 0 Å². The standard InChI is InChI=1S/C23H29N3O3S/c1-24(2)14-7-15-25-22-20(18-8-5-4-6-9-19(18)30-22)21(27)26(23(25)28)16-10-12-17(29-3)13-11-16/h10-13H,4-9,14-15H2,1-3H3/p+1. The number of quaternary nitrogens is 1. The van der Waals surface area contributed by atoms with Crippen molar-refractivity contribution in [3.63, 3.8) is 0 Å². The van der Waals surface area contributed by atoms with E-state index < -0.39 is 0 Å². The summed E-state index contributed by atoms with van der Waals surface area (Å²) in [5.74, 6) is 0.701. The summed E-state index contributed by atoms with van der Waals surface area (Å²) in [6.07, 6.45) is 6.27. The molecule has 0 aliphatic heterocycles. The molecule has 0 bridgehead atoms. The first-order chi connectivity index (χ1) is 14.5. The monoisotopic (exact) mass is 428 g/mol. The van der Waals surface area contributed by atoms with Gasteiger partial charge < -0.3 is 9.64 Å². The zero-order valence-corrected chi connectivity index (χ0v) is 18.8. The zero-order chi connectivity index (χ0) is 21.3. The molecule has 3 aromatic rings. The summed E-state index contributed by atoms with van der Waals surface area (Å²) in [5.41, 5.74) is 1.33. The Kier molecular flexibility index (Phi) is 6.11. The maximum atomic E-state index is 13.6. The van der Waals surface area contributed by atoms with Crippen LogP contribution in [-0.4, -0.2) is 36.9 Å². The van der Waals surface area contributed by atoms with E-state index in [0.717, 1.165) is 48.9 Å². The third kappa shape index (κ3) is 3.84. The van der Waals surface area contributed by atoms with Crippen molar-refractivity contribution in [1.82, 2.24) is 9.13 Å². The highest BCUT2D eigenvalue weighted by molar-refractivity contribution is 7.18. The number of fused-ring (bicyclic) bond motifs is 3. The Morgan fingerprint density at radius 1 is 1.07 bits per heavy atom. The van der Waals surface area contributed by atoms with Crippen LogP contribution in [0.15, 0.2) is 33.9 Å². The van der Waals surface area contributed by atoms with Gasteiger partial charge in [0.15, 0.2) is 0 Å². The first kappa shape index (κ1) is 20.9. The molecule has 4 rings (SSSR count). The number of aryl methyl sites for hydroxylation is 3. The number of thiophene rings is 1. The molecule has 7 heteroatoms. The number of rotatable bonds is 6. The Balaban J connectivity index is 1.95. The summed E-state index contributed by atoms with van der Waals surface area (Å²) in [6, 6.07) is 7.15. The lowest BCUT2D eigenvalue weighted by atomic mass is 10.1. The fourth-order valence-electron chi connectivity index (χ4n) is 4.29. The smallest absolute Gasteiger partial charge is 0.336 e. The molecule has 160 valence electrons. The molecule has 0 saturated heterocycles. The van der Waals surface area contributed by atoms with Crippen molar-refractivity contribution in [2.75, 3.05) is 27.7 Å². The van der Waals surface area contributed by atoms with E-state index in [2.05, 4.69) is 14.1 Å². The van der Waals surface area contributed by atoms with Gasteiger partial charge in [-0.2, -0.15) is 0 Å². The van der Waals surface area contributed by atoms with E-state index in [4.69, 9.17) is 4.74 Å². The normalized spacial score (nSPS) is 14.1. The van der Waals surface area contributed by atoms with Crippen LogP contribution in [0.25, 0.3) is 15.9 Å². The van der Waals surface area contributed by atoms with Gasteiger partial charge in [0.1, 0.15) is 10.6 Å². The second kappa shape index (κ2) is 8.78. The highest BCUT2D eigenvalue weighted by Gasteiger charge is 2.23. The predicted octanol–water partition coefficient (Wildman–Crippen LogP) is 2.03. The maximum absolute atomic E-state index is 13.6. The number of ether oxygens (including phenoxy) is 1. The largest absolute Gasteiger partial charge is 0.497 e. The van der Waals surface area contributed by atoms with Gasteiger partial charge in [0.25, 0.3) is 5.56 Å². The zero-order valence-electron chi connectivity index (χ0n) is 18.0. The van der Waals surface area contributed by atoms with Crippen LogP contribution in [0.3, 0.4) is 0 Å². The van der Waals surface area contributed by atoms with Gasteiger partial charge in [0.2, 0.25) is 0 Å². The van der Waals surface area contributed by atoms with Gasteiger partial charge in [-0.3, -0.25) is 9.36 Å². The molecule has 0 saturated carbocycles. The Labute approximate surface area is 180 Å². The lowest BCUT2D eigenvalue weighted by Gasteiger charge is -2.14. The number of hydrogen-bond donors (Lipinski definition) is 1. The van der Waals surface area contributed by atoms with E-state index in [1.165, 1.54) is 26.3 Å². The molecule has 1 aromatic carbocycles. The van der Waals surface area contributed by atoms with E-state index in [1.807, 2.05) is 4.57 Å². The van der Waals surface area contributed by atoms with Crippen molar-refractivity contribution < 1.29 is 9.64 Å². The first-order valence-corrected chi connectivity index (χ1v) is 11.6. The minimum atomic E-state index is -0.247. The first-order valence-electron chi connectivity index (χ1n) is 10.7. The van der Waals surface area contributed by atoms with Crippen LogP contribution in [0.4, 0.5) is 0 Å². The van der Waals surface area contributed by atoms with E-state index >= 15 is 0 Å². The highest BCUT2D eigenvalue weighted by Crippen LogP contribution is 2.33. The fraction of sp³-hybridized carbons (Fsp3) is 0.478. The molecule has 6 nitrogen and oxygen atoms in total. The molecular formula is C23H30N3O3S+. The average molecular weight is 429 g/mol. The highest BCUT2D eigenvalue weighted by atomic mass is 32.1. The molecular weight excluding hydrogens is 398 g/mol. The minimum absolute atomic E-state index is 0.186. The van der Waals surface area contributed by atoms with Crippen molar-refractivity contribution in [1.29, 1.82) is 0 Å². The van der Waals surface area contributed by atoms with Crippen molar-refractivity contribution in [2.24, 2.45) is 0 Å². The van der Waals surface area contributed by atoms with Gasteiger partial charge in [-0.25, -0.2) is 9.36 Å². The molecule has 0 fully saturated rings.